The van der Waals surface area contributed by atoms with E-state index in [1.165, 1.54) is 0 Å². The summed E-state index contributed by atoms with van der Waals surface area (Å²) in [5.41, 5.74) is 9.85. The average molecular weight is 385 g/mol. The second-order valence-corrected chi connectivity index (χ2v) is 6.79. The summed E-state index contributed by atoms with van der Waals surface area (Å²) in [7, 11) is 1.82. The van der Waals surface area contributed by atoms with Gasteiger partial charge in [0.1, 0.15) is 19.0 Å². The van der Waals surface area contributed by atoms with Gasteiger partial charge in [-0.05, 0) is 29.3 Å². The summed E-state index contributed by atoms with van der Waals surface area (Å²) in [6, 6.07) is 27.8. The van der Waals surface area contributed by atoms with Crippen LogP contribution in [-0.4, -0.2) is 9.78 Å². The third kappa shape index (κ3) is 4.58. The van der Waals surface area contributed by atoms with Crippen molar-refractivity contribution in [3.05, 3.63) is 96.1 Å². The topological polar surface area (TPSA) is 62.3 Å². The minimum Gasteiger partial charge on any atom is -0.485 e. The maximum atomic E-state index is 6.12. The van der Waals surface area contributed by atoms with Crippen LogP contribution >= 0.6 is 0 Å². The van der Waals surface area contributed by atoms with Crippen LogP contribution in [0.3, 0.4) is 0 Å². The number of hydrogen-bond donors (Lipinski definition) is 1. The predicted octanol–water partition coefficient (Wildman–Crippen LogP) is 4.83. The molecule has 1 heterocycles. The Morgan fingerprint density at radius 2 is 1.34 bits per heavy atom. The van der Waals surface area contributed by atoms with E-state index in [4.69, 9.17) is 15.2 Å². The molecule has 2 N–H and O–H groups in total. The van der Waals surface area contributed by atoms with E-state index in [-0.39, 0.29) is 0 Å². The number of nitrogen functional groups attached to an aromatic ring is 1. The molecular formula is C24H23N3O2. The van der Waals surface area contributed by atoms with Crippen molar-refractivity contribution >= 4 is 5.82 Å². The standard InChI is InChI=1S/C24H23N3O2/c1-27-24(25)15-21(26-27)20-12-13-22(28-16-18-8-4-2-5-9-18)23(14-20)29-17-19-10-6-3-7-11-19/h2-15H,16-17,25H2,1H3. The molecule has 0 saturated heterocycles. The van der Waals surface area contributed by atoms with Crippen molar-refractivity contribution in [1.29, 1.82) is 0 Å². The van der Waals surface area contributed by atoms with Gasteiger partial charge in [0.25, 0.3) is 0 Å². The first-order chi connectivity index (χ1) is 14.2. The first kappa shape index (κ1) is 18.6. The van der Waals surface area contributed by atoms with Crippen LogP contribution in [0.15, 0.2) is 84.9 Å². The van der Waals surface area contributed by atoms with Gasteiger partial charge in [-0.2, -0.15) is 5.10 Å². The molecule has 0 fully saturated rings. The fraction of sp³-hybridized carbons (Fsp3) is 0.125. The summed E-state index contributed by atoms with van der Waals surface area (Å²) in [4.78, 5) is 0. The lowest BCUT2D eigenvalue weighted by Crippen LogP contribution is -2.01. The molecule has 1 aromatic heterocycles. The molecule has 0 unspecified atom stereocenters. The third-order valence-electron chi connectivity index (χ3n) is 4.63. The molecule has 0 aliphatic heterocycles. The van der Waals surface area contributed by atoms with Crippen LogP contribution in [0.5, 0.6) is 11.5 Å². The maximum Gasteiger partial charge on any atom is 0.162 e. The van der Waals surface area contributed by atoms with Crippen molar-refractivity contribution in [2.24, 2.45) is 7.05 Å². The highest BCUT2D eigenvalue weighted by molar-refractivity contribution is 5.66. The van der Waals surface area contributed by atoms with E-state index in [1.54, 1.807) is 4.68 Å². The molecule has 146 valence electrons. The van der Waals surface area contributed by atoms with Gasteiger partial charge >= 0.3 is 0 Å². The quantitative estimate of drug-likeness (QED) is 0.495. The van der Waals surface area contributed by atoms with E-state index in [2.05, 4.69) is 5.10 Å². The lowest BCUT2D eigenvalue weighted by Gasteiger charge is -2.14. The first-order valence-corrected chi connectivity index (χ1v) is 9.46. The van der Waals surface area contributed by atoms with Crippen LogP contribution in [0.25, 0.3) is 11.3 Å². The lowest BCUT2D eigenvalue weighted by atomic mass is 10.1. The van der Waals surface area contributed by atoms with Gasteiger partial charge < -0.3 is 15.2 Å². The summed E-state index contributed by atoms with van der Waals surface area (Å²) in [6.45, 7) is 0.925. The van der Waals surface area contributed by atoms with Gasteiger partial charge in [-0.25, -0.2) is 0 Å². The molecule has 0 atom stereocenters. The van der Waals surface area contributed by atoms with Gasteiger partial charge in [0.2, 0.25) is 0 Å². The maximum absolute atomic E-state index is 6.12. The van der Waals surface area contributed by atoms with Gasteiger partial charge in [0.15, 0.2) is 11.5 Å². The Kier molecular flexibility index (Phi) is 5.47. The van der Waals surface area contributed by atoms with Crippen molar-refractivity contribution < 1.29 is 9.47 Å². The SMILES string of the molecule is Cn1nc(-c2ccc(OCc3ccccc3)c(OCc3ccccc3)c2)cc1N. The first-order valence-electron chi connectivity index (χ1n) is 9.46. The Labute approximate surface area is 170 Å². The normalized spacial score (nSPS) is 10.7. The summed E-state index contributed by atoms with van der Waals surface area (Å²) in [6.07, 6.45) is 0. The zero-order valence-corrected chi connectivity index (χ0v) is 16.3. The second-order valence-electron chi connectivity index (χ2n) is 6.79. The molecule has 5 nitrogen and oxygen atoms in total. The monoisotopic (exact) mass is 385 g/mol. The van der Waals surface area contributed by atoms with Gasteiger partial charge in [0.05, 0.1) is 5.69 Å². The number of aromatic nitrogens is 2. The molecule has 0 bridgehead atoms. The van der Waals surface area contributed by atoms with Crippen LogP contribution in [0, 0.1) is 0 Å². The van der Waals surface area contributed by atoms with E-state index < -0.39 is 0 Å². The largest absolute Gasteiger partial charge is 0.485 e. The molecule has 29 heavy (non-hydrogen) atoms. The molecule has 0 aliphatic carbocycles. The Morgan fingerprint density at radius 1 is 0.759 bits per heavy atom. The van der Waals surface area contributed by atoms with E-state index in [9.17, 15) is 0 Å². The average Bonchev–Trinajstić information content (AvgIpc) is 3.11. The molecule has 0 spiro atoms. The predicted molar refractivity (Wildman–Crippen MR) is 115 cm³/mol. The highest BCUT2D eigenvalue weighted by Crippen LogP contribution is 2.34. The molecule has 4 aromatic rings. The minimum absolute atomic E-state index is 0.455. The number of ether oxygens (including phenoxy) is 2. The molecule has 4 rings (SSSR count). The Balaban J connectivity index is 1.59. The molecule has 0 saturated carbocycles. The fourth-order valence-corrected chi connectivity index (χ4v) is 2.99. The van der Waals surface area contributed by atoms with Crippen LogP contribution in [0.4, 0.5) is 5.82 Å². The number of rotatable bonds is 7. The summed E-state index contributed by atoms with van der Waals surface area (Å²) < 4.78 is 13.8. The zero-order valence-electron chi connectivity index (χ0n) is 16.3. The van der Waals surface area contributed by atoms with Crippen LogP contribution in [0.1, 0.15) is 11.1 Å². The van der Waals surface area contributed by atoms with Gasteiger partial charge in [-0.1, -0.05) is 60.7 Å². The highest BCUT2D eigenvalue weighted by Gasteiger charge is 2.12. The number of nitrogens with zero attached hydrogens (tertiary/aromatic N) is 2. The molecule has 3 aromatic carbocycles. The van der Waals surface area contributed by atoms with Crippen molar-refractivity contribution in [2.45, 2.75) is 13.2 Å². The fourth-order valence-electron chi connectivity index (χ4n) is 2.99. The van der Waals surface area contributed by atoms with Gasteiger partial charge in [0, 0.05) is 18.7 Å². The molecule has 5 heteroatoms. The van der Waals surface area contributed by atoms with Crippen LogP contribution in [-0.2, 0) is 20.3 Å². The van der Waals surface area contributed by atoms with Crippen molar-refractivity contribution in [2.75, 3.05) is 5.73 Å². The molecular weight excluding hydrogens is 362 g/mol. The lowest BCUT2D eigenvalue weighted by molar-refractivity contribution is 0.256. The number of benzene rings is 3. The van der Waals surface area contributed by atoms with Crippen LogP contribution < -0.4 is 15.2 Å². The molecule has 0 amide bonds. The summed E-state index contributed by atoms with van der Waals surface area (Å²) in [5, 5.41) is 4.46. The minimum atomic E-state index is 0.455. The number of nitrogens with two attached hydrogens (primary N) is 1. The van der Waals surface area contributed by atoms with Crippen LogP contribution in [0.2, 0.25) is 0 Å². The van der Waals surface area contributed by atoms with Gasteiger partial charge in [-0.3, -0.25) is 4.68 Å². The summed E-state index contributed by atoms with van der Waals surface area (Å²) in [5.74, 6) is 1.97. The second kappa shape index (κ2) is 8.52. The number of aryl methyl sites for hydroxylation is 1. The Bertz CT molecular complexity index is 1060. The highest BCUT2D eigenvalue weighted by atomic mass is 16.5. The smallest absolute Gasteiger partial charge is 0.162 e. The summed E-state index contributed by atoms with van der Waals surface area (Å²) >= 11 is 0. The van der Waals surface area contributed by atoms with Gasteiger partial charge in [-0.15, -0.1) is 0 Å². The molecule has 0 radical (unpaired) electrons. The Hall–Kier alpha value is -3.73. The van der Waals surface area contributed by atoms with E-state index in [0.29, 0.717) is 30.5 Å². The van der Waals surface area contributed by atoms with Crippen molar-refractivity contribution in [1.82, 2.24) is 9.78 Å². The van der Waals surface area contributed by atoms with Crippen molar-refractivity contribution in [3.8, 4) is 22.8 Å². The molecule has 0 aliphatic rings. The number of anilines is 1. The van der Waals surface area contributed by atoms with E-state index in [0.717, 1.165) is 22.4 Å². The van der Waals surface area contributed by atoms with E-state index >= 15 is 0 Å². The zero-order chi connectivity index (χ0) is 20.1. The number of hydrogen-bond acceptors (Lipinski definition) is 4. The Morgan fingerprint density at radius 3 is 1.90 bits per heavy atom. The van der Waals surface area contributed by atoms with Crippen molar-refractivity contribution in [3.63, 3.8) is 0 Å². The van der Waals surface area contributed by atoms with E-state index in [1.807, 2.05) is 92.0 Å². The third-order valence-corrected chi connectivity index (χ3v) is 4.63.